The Morgan fingerprint density at radius 2 is 1.75 bits per heavy atom. The molecule has 0 radical (unpaired) electrons. The molecule has 0 unspecified atom stereocenters. The summed E-state index contributed by atoms with van der Waals surface area (Å²) in [5.74, 6) is 1.05. The van der Waals surface area contributed by atoms with E-state index in [0.29, 0.717) is 19.7 Å². The highest BCUT2D eigenvalue weighted by molar-refractivity contribution is 5.78. The molecule has 0 aliphatic carbocycles. The first-order chi connectivity index (χ1) is 15.5. The van der Waals surface area contributed by atoms with E-state index in [0.717, 1.165) is 44.9 Å². The second kappa shape index (κ2) is 12.4. The van der Waals surface area contributed by atoms with E-state index in [2.05, 4.69) is 84.4 Å². The normalized spacial score (nSPS) is 15.2. The molecule has 2 aromatic rings. The zero-order chi connectivity index (χ0) is 22.8. The number of carbonyl (C=O) groups excluding carboxylic acids is 1. The van der Waals surface area contributed by atoms with Gasteiger partial charge in [0.25, 0.3) is 0 Å². The number of hydrogen-bond donors (Lipinski definition) is 1. The predicted octanol–water partition coefficient (Wildman–Crippen LogP) is 3.83. The number of ether oxygens (including phenoxy) is 1. The average molecular weight is 436 g/mol. The third kappa shape index (κ3) is 7.81. The van der Waals surface area contributed by atoms with Crippen LogP contribution in [0.2, 0.25) is 0 Å². The van der Waals surface area contributed by atoms with Crippen molar-refractivity contribution in [2.75, 3.05) is 52.4 Å². The molecule has 5 heteroatoms. The van der Waals surface area contributed by atoms with Gasteiger partial charge in [0.2, 0.25) is 5.91 Å². The van der Waals surface area contributed by atoms with E-state index in [9.17, 15) is 4.79 Å². The fourth-order valence-corrected chi connectivity index (χ4v) is 3.92. The molecule has 1 aliphatic heterocycles. The van der Waals surface area contributed by atoms with Crippen molar-refractivity contribution in [2.45, 2.75) is 27.2 Å². The van der Waals surface area contributed by atoms with Crippen LogP contribution in [-0.2, 0) is 4.79 Å². The number of benzene rings is 2. The standard InChI is InChI=1S/C27H37N3O2/c1-22-19-23(2)24(3)26(20-22)32-18-8-12-28-27(31)21-30-16-14-29(15-17-30)13-7-11-25-9-5-4-6-10-25/h4-7,9-11,19-20H,8,12-18,21H2,1-3H3,(H,28,31)/b11-7+. The lowest BCUT2D eigenvalue weighted by atomic mass is 10.1. The van der Waals surface area contributed by atoms with Gasteiger partial charge in [0, 0.05) is 39.3 Å². The molecule has 0 saturated carbocycles. The van der Waals surface area contributed by atoms with Crippen molar-refractivity contribution in [3.63, 3.8) is 0 Å². The van der Waals surface area contributed by atoms with Crippen molar-refractivity contribution >= 4 is 12.0 Å². The minimum absolute atomic E-state index is 0.102. The summed E-state index contributed by atoms with van der Waals surface area (Å²) >= 11 is 0. The zero-order valence-corrected chi connectivity index (χ0v) is 19.8. The number of aryl methyl sites for hydroxylation is 2. The van der Waals surface area contributed by atoms with E-state index >= 15 is 0 Å². The van der Waals surface area contributed by atoms with Gasteiger partial charge in [0.05, 0.1) is 13.2 Å². The van der Waals surface area contributed by atoms with Crippen LogP contribution < -0.4 is 10.1 Å². The Labute approximate surface area is 193 Å². The molecule has 1 fully saturated rings. The monoisotopic (exact) mass is 435 g/mol. The third-order valence-electron chi connectivity index (χ3n) is 5.97. The van der Waals surface area contributed by atoms with Crippen molar-refractivity contribution in [3.05, 3.63) is 70.8 Å². The summed E-state index contributed by atoms with van der Waals surface area (Å²) in [4.78, 5) is 16.9. The van der Waals surface area contributed by atoms with Crippen LogP contribution >= 0.6 is 0 Å². The van der Waals surface area contributed by atoms with E-state index in [1.807, 2.05) is 6.07 Å². The molecule has 1 N–H and O–H groups in total. The third-order valence-corrected chi connectivity index (χ3v) is 5.97. The zero-order valence-electron chi connectivity index (χ0n) is 19.8. The summed E-state index contributed by atoms with van der Waals surface area (Å²) in [5, 5.41) is 3.03. The Kier molecular flexibility index (Phi) is 9.32. The van der Waals surface area contributed by atoms with Gasteiger partial charge in [-0.3, -0.25) is 14.6 Å². The van der Waals surface area contributed by atoms with Crippen molar-refractivity contribution in [2.24, 2.45) is 0 Å². The molecule has 172 valence electrons. The molecule has 0 atom stereocenters. The molecule has 5 nitrogen and oxygen atoms in total. The van der Waals surface area contributed by atoms with E-state index in [4.69, 9.17) is 4.74 Å². The van der Waals surface area contributed by atoms with Gasteiger partial charge in [-0.1, -0.05) is 48.6 Å². The summed E-state index contributed by atoms with van der Waals surface area (Å²) in [6, 6.07) is 14.6. The topological polar surface area (TPSA) is 44.8 Å². The van der Waals surface area contributed by atoms with Gasteiger partial charge < -0.3 is 10.1 Å². The Bertz CT molecular complexity index is 887. The number of amides is 1. The van der Waals surface area contributed by atoms with Crippen LogP contribution in [0.3, 0.4) is 0 Å². The van der Waals surface area contributed by atoms with Crippen LogP contribution in [0, 0.1) is 20.8 Å². The van der Waals surface area contributed by atoms with Gasteiger partial charge in [-0.05, 0) is 55.5 Å². The first kappa shape index (κ1) is 24.0. The maximum atomic E-state index is 12.3. The predicted molar refractivity (Wildman–Crippen MR) is 132 cm³/mol. The van der Waals surface area contributed by atoms with E-state index < -0.39 is 0 Å². The van der Waals surface area contributed by atoms with Gasteiger partial charge in [-0.25, -0.2) is 0 Å². The molecular weight excluding hydrogens is 398 g/mol. The molecule has 32 heavy (non-hydrogen) atoms. The number of rotatable bonds is 10. The SMILES string of the molecule is Cc1cc(C)c(C)c(OCCCNC(=O)CN2CCN(C/C=C/c3ccccc3)CC2)c1. The Hall–Kier alpha value is -2.63. The van der Waals surface area contributed by atoms with E-state index in [-0.39, 0.29) is 5.91 Å². The summed E-state index contributed by atoms with van der Waals surface area (Å²) in [5.41, 5.74) is 4.89. The smallest absolute Gasteiger partial charge is 0.234 e. The van der Waals surface area contributed by atoms with E-state index in [1.165, 1.54) is 22.3 Å². The van der Waals surface area contributed by atoms with Crippen LogP contribution in [0.1, 0.15) is 28.7 Å². The lowest BCUT2D eigenvalue weighted by molar-refractivity contribution is -0.122. The van der Waals surface area contributed by atoms with Gasteiger partial charge in [-0.2, -0.15) is 0 Å². The van der Waals surface area contributed by atoms with Crippen LogP contribution in [-0.4, -0.2) is 68.1 Å². The second-order valence-electron chi connectivity index (χ2n) is 8.65. The van der Waals surface area contributed by atoms with Crippen LogP contribution in [0.15, 0.2) is 48.5 Å². The van der Waals surface area contributed by atoms with Crippen molar-refractivity contribution in [1.29, 1.82) is 0 Å². The molecule has 3 rings (SSSR count). The summed E-state index contributed by atoms with van der Waals surface area (Å²) in [6.45, 7) is 12.8. The van der Waals surface area contributed by atoms with Gasteiger partial charge in [0.1, 0.15) is 5.75 Å². The lowest BCUT2D eigenvalue weighted by Crippen LogP contribution is -2.49. The maximum absolute atomic E-state index is 12.3. The van der Waals surface area contributed by atoms with Crippen molar-refractivity contribution < 1.29 is 9.53 Å². The summed E-state index contributed by atoms with van der Waals surface area (Å²) < 4.78 is 5.93. The second-order valence-corrected chi connectivity index (χ2v) is 8.65. The fourth-order valence-electron chi connectivity index (χ4n) is 3.92. The van der Waals surface area contributed by atoms with Gasteiger partial charge >= 0.3 is 0 Å². The molecular formula is C27H37N3O2. The minimum Gasteiger partial charge on any atom is -0.493 e. The highest BCUT2D eigenvalue weighted by Gasteiger charge is 2.17. The molecule has 2 aromatic carbocycles. The van der Waals surface area contributed by atoms with Crippen LogP contribution in [0.4, 0.5) is 0 Å². The molecule has 1 amide bonds. The van der Waals surface area contributed by atoms with Crippen LogP contribution in [0.25, 0.3) is 6.08 Å². The molecule has 0 aromatic heterocycles. The molecule has 0 spiro atoms. The van der Waals surface area contributed by atoms with Crippen LogP contribution in [0.5, 0.6) is 5.75 Å². The first-order valence-electron chi connectivity index (χ1n) is 11.6. The number of carbonyl (C=O) groups is 1. The van der Waals surface area contributed by atoms with Crippen molar-refractivity contribution in [1.82, 2.24) is 15.1 Å². The number of piperazine rings is 1. The molecule has 1 aliphatic rings. The fraction of sp³-hybridized carbons (Fsp3) is 0.444. The quantitative estimate of drug-likeness (QED) is 0.576. The van der Waals surface area contributed by atoms with Crippen molar-refractivity contribution in [3.8, 4) is 5.75 Å². The highest BCUT2D eigenvalue weighted by atomic mass is 16.5. The Morgan fingerprint density at radius 1 is 1.03 bits per heavy atom. The lowest BCUT2D eigenvalue weighted by Gasteiger charge is -2.33. The van der Waals surface area contributed by atoms with Gasteiger partial charge in [-0.15, -0.1) is 0 Å². The largest absolute Gasteiger partial charge is 0.493 e. The molecule has 0 bridgehead atoms. The molecule has 1 heterocycles. The molecule has 1 saturated heterocycles. The van der Waals surface area contributed by atoms with E-state index in [1.54, 1.807) is 0 Å². The first-order valence-corrected chi connectivity index (χ1v) is 11.6. The Balaban J connectivity index is 1.26. The average Bonchev–Trinajstić information content (AvgIpc) is 2.78. The Morgan fingerprint density at radius 3 is 2.50 bits per heavy atom. The number of hydrogen-bond acceptors (Lipinski definition) is 4. The van der Waals surface area contributed by atoms with Gasteiger partial charge in [0.15, 0.2) is 0 Å². The maximum Gasteiger partial charge on any atom is 0.234 e. The summed E-state index contributed by atoms with van der Waals surface area (Å²) in [6.07, 6.45) is 5.20. The summed E-state index contributed by atoms with van der Waals surface area (Å²) in [7, 11) is 0. The number of nitrogens with one attached hydrogen (secondary N) is 1. The minimum atomic E-state index is 0.102. The number of nitrogens with zero attached hydrogens (tertiary/aromatic N) is 2. The highest BCUT2D eigenvalue weighted by Crippen LogP contribution is 2.23.